The van der Waals surface area contributed by atoms with Crippen LogP contribution < -0.4 is 0 Å². The van der Waals surface area contributed by atoms with E-state index in [1.807, 2.05) is 12.1 Å². The van der Waals surface area contributed by atoms with Gasteiger partial charge in [-0.15, -0.1) is 0 Å². The molecule has 2 heterocycles. The van der Waals surface area contributed by atoms with Gasteiger partial charge in [-0.1, -0.05) is 24.6 Å². The number of benzene rings is 1. The van der Waals surface area contributed by atoms with Crippen LogP contribution in [0.15, 0.2) is 24.3 Å². The van der Waals surface area contributed by atoms with Crippen LogP contribution in [0.1, 0.15) is 44.6 Å². The number of nitrogens with zero attached hydrogens (tertiary/aromatic N) is 2. The van der Waals surface area contributed by atoms with Crippen molar-refractivity contribution >= 4 is 0 Å². The molecule has 0 radical (unpaired) electrons. The van der Waals surface area contributed by atoms with Crippen LogP contribution in [0, 0.1) is 5.82 Å². The van der Waals surface area contributed by atoms with E-state index in [2.05, 4.69) is 16.7 Å². The minimum atomic E-state index is -0.0578. The molecule has 2 saturated heterocycles. The number of piperidine rings is 2. The van der Waals surface area contributed by atoms with E-state index in [-0.39, 0.29) is 5.82 Å². The number of hydrogen-bond acceptors (Lipinski definition) is 2. The largest absolute Gasteiger partial charge is 0.300 e. The Kier molecular flexibility index (Phi) is 5.48. The maximum Gasteiger partial charge on any atom is 0.126 e. The second kappa shape index (κ2) is 7.56. The molecule has 0 N–H and O–H groups in total. The summed E-state index contributed by atoms with van der Waals surface area (Å²) in [6.45, 7) is 7.17. The van der Waals surface area contributed by atoms with E-state index < -0.39 is 0 Å². The average molecular weight is 304 g/mol. The molecule has 2 fully saturated rings. The Morgan fingerprint density at radius 3 is 2.41 bits per heavy atom. The summed E-state index contributed by atoms with van der Waals surface area (Å²) in [4.78, 5) is 5.26. The van der Waals surface area contributed by atoms with Gasteiger partial charge in [-0.05, 0) is 76.8 Å². The summed E-state index contributed by atoms with van der Waals surface area (Å²) in [6.07, 6.45) is 7.55. The smallest absolute Gasteiger partial charge is 0.126 e. The minimum absolute atomic E-state index is 0.0578. The molecule has 2 nitrogen and oxygen atoms in total. The predicted octanol–water partition coefficient (Wildman–Crippen LogP) is 3.71. The SMILES string of the molecule is CC(Cc1ccccc1F)N1CCC(N2CCCCC2)CC1. The zero-order valence-corrected chi connectivity index (χ0v) is 13.8. The minimum Gasteiger partial charge on any atom is -0.300 e. The molecule has 0 saturated carbocycles. The van der Waals surface area contributed by atoms with Gasteiger partial charge in [0.05, 0.1) is 0 Å². The fourth-order valence-corrected chi connectivity index (χ4v) is 4.09. The summed E-state index contributed by atoms with van der Waals surface area (Å²) in [6, 6.07) is 8.43. The van der Waals surface area contributed by atoms with Gasteiger partial charge in [0.15, 0.2) is 0 Å². The fourth-order valence-electron chi connectivity index (χ4n) is 4.09. The van der Waals surface area contributed by atoms with E-state index in [9.17, 15) is 4.39 Å². The Bertz CT molecular complexity index is 462. The van der Waals surface area contributed by atoms with E-state index in [1.165, 1.54) is 45.2 Å². The molecule has 0 aliphatic carbocycles. The van der Waals surface area contributed by atoms with Crippen molar-refractivity contribution in [1.82, 2.24) is 9.80 Å². The molecule has 1 atom stereocenters. The van der Waals surface area contributed by atoms with Gasteiger partial charge in [-0.2, -0.15) is 0 Å². The molecule has 0 spiro atoms. The van der Waals surface area contributed by atoms with Crippen LogP contribution in [-0.4, -0.2) is 48.1 Å². The third-order valence-corrected chi connectivity index (χ3v) is 5.50. The van der Waals surface area contributed by atoms with Crippen molar-refractivity contribution in [2.24, 2.45) is 0 Å². The van der Waals surface area contributed by atoms with Crippen molar-refractivity contribution in [2.45, 2.75) is 57.5 Å². The highest BCUT2D eigenvalue weighted by atomic mass is 19.1. The van der Waals surface area contributed by atoms with Gasteiger partial charge in [0.25, 0.3) is 0 Å². The molecule has 1 aromatic rings. The first kappa shape index (κ1) is 15.9. The zero-order chi connectivity index (χ0) is 15.4. The summed E-state index contributed by atoms with van der Waals surface area (Å²) in [7, 11) is 0. The second-order valence-electron chi connectivity index (χ2n) is 7.01. The molecule has 1 aromatic carbocycles. The Balaban J connectivity index is 1.49. The molecule has 3 heteroatoms. The second-order valence-corrected chi connectivity index (χ2v) is 7.01. The van der Waals surface area contributed by atoms with Crippen LogP contribution >= 0.6 is 0 Å². The van der Waals surface area contributed by atoms with Crippen LogP contribution in [0.2, 0.25) is 0 Å². The topological polar surface area (TPSA) is 6.48 Å². The highest BCUT2D eigenvalue weighted by molar-refractivity contribution is 5.18. The Labute approximate surface area is 134 Å². The number of rotatable bonds is 4. The van der Waals surface area contributed by atoms with Gasteiger partial charge in [0.1, 0.15) is 5.82 Å². The zero-order valence-electron chi connectivity index (χ0n) is 13.8. The predicted molar refractivity (Wildman–Crippen MR) is 89.6 cm³/mol. The van der Waals surface area contributed by atoms with E-state index in [1.54, 1.807) is 12.1 Å². The fraction of sp³-hybridized carbons (Fsp3) is 0.684. The first-order valence-electron chi connectivity index (χ1n) is 8.95. The Morgan fingerprint density at radius 2 is 1.73 bits per heavy atom. The highest BCUT2D eigenvalue weighted by Crippen LogP contribution is 2.23. The van der Waals surface area contributed by atoms with Gasteiger partial charge < -0.3 is 9.80 Å². The first-order valence-corrected chi connectivity index (χ1v) is 8.95. The maximum atomic E-state index is 13.8. The van der Waals surface area contributed by atoms with Crippen molar-refractivity contribution in [1.29, 1.82) is 0 Å². The van der Waals surface area contributed by atoms with E-state index in [0.717, 1.165) is 31.1 Å². The normalized spacial score (nSPS) is 23.5. The quantitative estimate of drug-likeness (QED) is 0.837. The van der Waals surface area contributed by atoms with Crippen molar-refractivity contribution in [2.75, 3.05) is 26.2 Å². The summed E-state index contributed by atoms with van der Waals surface area (Å²) in [5, 5.41) is 0. The van der Waals surface area contributed by atoms with Crippen LogP contribution in [-0.2, 0) is 6.42 Å². The Hall–Kier alpha value is -0.930. The summed E-state index contributed by atoms with van der Waals surface area (Å²) in [5.41, 5.74) is 0.855. The van der Waals surface area contributed by atoms with Crippen LogP contribution in [0.5, 0.6) is 0 Å². The summed E-state index contributed by atoms with van der Waals surface area (Å²) < 4.78 is 13.8. The van der Waals surface area contributed by atoms with Gasteiger partial charge in [0.2, 0.25) is 0 Å². The molecule has 0 bridgehead atoms. The number of likely N-dealkylation sites (tertiary alicyclic amines) is 2. The van der Waals surface area contributed by atoms with Crippen molar-refractivity contribution in [3.8, 4) is 0 Å². The van der Waals surface area contributed by atoms with Crippen LogP contribution in [0.25, 0.3) is 0 Å². The molecular weight excluding hydrogens is 275 g/mol. The number of hydrogen-bond donors (Lipinski definition) is 0. The molecule has 2 aliphatic heterocycles. The van der Waals surface area contributed by atoms with Crippen molar-refractivity contribution in [3.05, 3.63) is 35.6 Å². The van der Waals surface area contributed by atoms with Crippen molar-refractivity contribution < 1.29 is 4.39 Å². The lowest BCUT2D eigenvalue weighted by atomic mass is 9.97. The lowest BCUT2D eigenvalue weighted by Crippen LogP contribution is -2.49. The highest BCUT2D eigenvalue weighted by Gasteiger charge is 2.27. The van der Waals surface area contributed by atoms with Crippen LogP contribution in [0.3, 0.4) is 0 Å². The monoisotopic (exact) mass is 304 g/mol. The molecule has 2 aliphatic rings. The van der Waals surface area contributed by atoms with E-state index >= 15 is 0 Å². The summed E-state index contributed by atoms with van der Waals surface area (Å²) >= 11 is 0. The summed E-state index contributed by atoms with van der Waals surface area (Å²) in [5.74, 6) is -0.0578. The van der Waals surface area contributed by atoms with Gasteiger partial charge in [-0.3, -0.25) is 0 Å². The van der Waals surface area contributed by atoms with Crippen molar-refractivity contribution in [3.63, 3.8) is 0 Å². The van der Waals surface area contributed by atoms with E-state index in [0.29, 0.717) is 6.04 Å². The molecule has 0 amide bonds. The third-order valence-electron chi connectivity index (χ3n) is 5.50. The lowest BCUT2D eigenvalue weighted by molar-refractivity contribution is 0.0758. The molecule has 3 rings (SSSR count). The first-order chi connectivity index (χ1) is 10.7. The molecule has 22 heavy (non-hydrogen) atoms. The third kappa shape index (κ3) is 3.88. The van der Waals surface area contributed by atoms with E-state index in [4.69, 9.17) is 0 Å². The van der Waals surface area contributed by atoms with Gasteiger partial charge >= 0.3 is 0 Å². The molecular formula is C19H29FN2. The van der Waals surface area contributed by atoms with Gasteiger partial charge in [-0.25, -0.2) is 4.39 Å². The Morgan fingerprint density at radius 1 is 1.05 bits per heavy atom. The standard InChI is InChI=1S/C19H29FN2/c1-16(15-17-7-3-4-8-19(17)20)21-13-9-18(10-14-21)22-11-5-2-6-12-22/h3-4,7-8,16,18H,2,5-6,9-15H2,1H3. The molecule has 1 unspecified atom stereocenters. The lowest BCUT2D eigenvalue weighted by Gasteiger charge is -2.42. The van der Waals surface area contributed by atoms with Gasteiger partial charge in [0, 0.05) is 12.1 Å². The molecule has 122 valence electrons. The van der Waals surface area contributed by atoms with Crippen LogP contribution in [0.4, 0.5) is 4.39 Å². The molecule has 0 aromatic heterocycles. The average Bonchev–Trinajstić information content (AvgIpc) is 2.58. The number of halogens is 1. The maximum absolute atomic E-state index is 13.8.